The number of fused-ring (bicyclic) bond motifs is 3. The summed E-state index contributed by atoms with van der Waals surface area (Å²) in [7, 11) is 0. The van der Waals surface area contributed by atoms with Crippen LogP contribution in [0, 0.1) is 6.92 Å². The van der Waals surface area contributed by atoms with E-state index in [4.69, 9.17) is 5.11 Å². The highest BCUT2D eigenvalue weighted by Crippen LogP contribution is 2.23. The highest BCUT2D eigenvalue weighted by molar-refractivity contribution is 7.99. The van der Waals surface area contributed by atoms with E-state index in [-0.39, 0.29) is 12.0 Å². The van der Waals surface area contributed by atoms with Crippen LogP contribution in [0.1, 0.15) is 16.7 Å². The van der Waals surface area contributed by atoms with Crippen molar-refractivity contribution in [3.63, 3.8) is 0 Å². The van der Waals surface area contributed by atoms with E-state index in [1.165, 1.54) is 0 Å². The van der Waals surface area contributed by atoms with Crippen LogP contribution in [0.4, 0.5) is 5.95 Å². The summed E-state index contributed by atoms with van der Waals surface area (Å²) in [6.45, 7) is 4.09. The SMILES string of the molecule is Cc1ccc2c(c1)c(=O)n(Cc1ccc(CC(=O)O)cc1)c1nnc(N3CCSCC3)n21. The van der Waals surface area contributed by atoms with Gasteiger partial charge < -0.3 is 10.0 Å². The fourth-order valence-corrected chi connectivity index (χ4v) is 5.04. The normalized spacial score (nSPS) is 14.3. The van der Waals surface area contributed by atoms with Crippen molar-refractivity contribution in [2.75, 3.05) is 29.5 Å². The van der Waals surface area contributed by atoms with Gasteiger partial charge in [-0.05, 0) is 30.2 Å². The minimum atomic E-state index is -0.868. The fourth-order valence-electron chi connectivity index (χ4n) is 4.14. The highest BCUT2D eigenvalue weighted by Gasteiger charge is 2.22. The maximum absolute atomic E-state index is 13.5. The molecule has 164 valence electrons. The molecule has 2 aromatic heterocycles. The number of hydrogen-bond donors (Lipinski definition) is 1. The van der Waals surface area contributed by atoms with Gasteiger partial charge in [-0.3, -0.25) is 14.2 Å². The van der Waals surface area contributed by atoms with Crippen molar-refractivity contribution < 1.29 is 9.90 Å². The van der Waals surface area contributed by atoms with Crippen LogP contribution in [0.2, 0.25) is 0 Å². The Morgan fingerprint density at radius 1 is 1.06 bits per heavy atom. The Balaban J connectivity index is 1.66. The second-order valence-electron chi connectivity index (χ2n) is 8.03. The van der Waals surface area contributed by atoms with Gasteiger partial charge in [0.15, 0.2) is 0 Å². The molecule has 5 rings (SSSR count). The molecule has 2 aromatic carbocycles. The molecule has 1 aliphatic heterocycles. The minimum Gasteiger partial charge on any atom is -0.481 e. The maximum atomic E-state index is 13.5. The third-order valence-electron chi connectivity index (χ3n) is 5.75. The molecule has 9 heteroatoms. The number of benzene rings is 2. The van der Waals surface area contributed by atoms with Crippen molar-refractivity contribution in [3.05, 3.63) is 69.5 Å². The summed E-state index contributed by atoms with van der Waals surface area (Å²) in [4.78, 5) is 26.7. The number of thioether (sulfide) groups is 1. The average Bonchev–Trinajstić information content (AvgIpc) is 3.23. The zero-order chi connectivity index (χ0) is 22.2. The van der Waals surface area contributed by atoms with Crippen LogP contribution in [0.5, 0.6) is 0 Å². The van der Waals surface area contributed by atoms with Gasteiger partial charge >= 0.3 is 5.97 Å². The van der Waals surface area contributed by atoms with Crippen LogP contribution in [0.3, 0.4) is 0 Å². The zero-order valence-corrected chi connectivity index (χ0v) is 18.5. The number of anilines is 1. The molecule has 0 amide bonds. The molecule has 1 N–H and O–H groups in total. The number of aliphatic carboxylic acids is 1. The van der Waals surface area contributed by atoms with Crippen LogP contribution in [-0.4, -0.2) is 54.8 Å². The van der Waals surface area contributed by atoms with E-state index >= 15 is 0 Å². The van der Waals surface area contributed by atoms with Crippen LogP contribution in [-0.2, 0) is 17.8 Å². The van der Waals surface area contributed by atoms with Gasteiger partial charge in [0, 0.05) is 24.6 Å². The second kappa shape index (κ2) is 8.31. The first-order chi connectivity index (χ1) is 15.5. The molecule has 1 aliphatic rings. The molecule has 0 radical (unpaired) electrons. The molecule has 32 heavy (non-hydrogen) atoms. The molecule has 0 bridgehead atoms. The number of nitrogens with zero attached hydrogens (tertiary/aromatic N) is 5. The topological polar surface area (TPSA) is 92.7 Å². The van der Waals surface area contributed by atoms with Crippen molar-refractivity contribution in [2.45, 2.75) is 19.9 Å². The summed E-state index contributed by atoms with van der Waals surface area (Å²) in [6.07, 6.45) is -0.0264. The second-order valence-corrected chi connectivity index (χ2v) is 9.26. The van der Waals surface area contributed by atoms with E-state index in [1.54, 1.807) is 16.7 Å². The lowest BCUT2D eigenvalue weighted by atomic mass is 10.1. The first-order valence-corrected chi connectivity index (χ1v) is 11.7. The van der Waals surface area contributed by atoms with Crippen molar-refractivity contribution in [1.29, 1.82) is 0 Å². The van der Waals surface area contributed by atoms with E-state index in [9.17, 15) is 9.59 Å². The standard InChI is InChI=1S/C23H23N5O3S/c1-15-2-7-19-18(12-15)21(31)27(14-17-5-3-16(4-6-17)13-20(29)30)23-25-24-22(28(19)23)26-8-10-32-11-9-26/h2-7,12H,8-11,13-14H2,1H3,(H,29,30). The number of carboxylic acids is 1. The van der Waals surface area contributed by atoms with Gasteiger partial charge in [0.1, 0.15) is 0 Å². The first-order valence-electron chi connectivity index (χ1n) is 10.5. The lowest BCUT2D eigenvalue weighted by molar-refractivity contribution is -0.136. The Hall–Kier alpha value is -3.33. The number of carbonyl (C=O) groups is 1. The predicted octanol–water partition coefficient (Wildman–Crippen LogP) is 2.58. The quantitative estimate of drug-likeness (QED) is 0.501. The third kappa shape index (κ3) is 3.73. The molecule has 1 saturated heterocycles. The van der Waals surface area contributed by atoms with Crippen molar-refractivity contribution in [1.82, 2.24) is 19.2 Å². The summed E-state index contributed by atoms with van der Waals surface area (Å²) in [5.41, 5.74) is 3.33. The lowest BCUT2D eigenvalue weighted by Crippen LogP contribution is -2.34. The van der Waals surface area contributed by atoms with Gasteiger partial charge in [-0.25, -0.2) is 4.40 Å². The van der Waals surface area contributed by atoms with Gasteiger partial charge in [-0.15, -0.1) is 10.2 Å². The maximum Gasteiger partial charge on any atom is 0.307 e. The molecule has 0 aliphatic carbocycles. The van der Waals surface area contributed by atoms with Gasteiger partial charge in [0.2, 0.25) is 11.7 Å². The van der Waals surface area contributed by atoms with E-state index < -0.39 is 5.97 Å². The molecular weight excluding hydrogens is 426 g/mol. The Kier molecular flexibility index (Phi) is 5.34. The van der Waals surface area contributed by atoms with Crippen molar-refractivity contribution in [2.24, 2.45) is 0 Å². The smallest absolute Gasteiger partial charge is 0.307 e. The largest absolute Gasteiger partial charge is 0.481 e. The first kappa shape index (κ1) is 20.6. The number of hydrogen-bond acceptors (Lipinski definition) is 6. The summed E-state index contributed by atoms with van der Waals surface area (Å²) < 4.78 is 3.65. The van der Waals surface area contributed by atoms with E-state index in [0.717, 1.165) is 52.8 Å². The number of aromatic nitrogens is 4. The highest BCUT2D eigenvalue weighted by atomic mass is 32.2. The Bertz CT molecular complexity index is 1370. The molecule has 0 unspecified atom stereocenters. The zero-order valence-electron chi connectivity index (χ0n) is 17.7. The molecule has 0 saturated carbocycles. The molecule has 0 atom stereocenters. The van der Waals surface area contributed by atoms with E-state index in [2.05, 4.69) is 15.1 Å². The monoisotopic (exact) mass is 449 g/mol. The van der Waals surface area contributed by atoms with Crippen LogP contribution in [0.25, 0.3) is 16.7 Å². The molecule has 8 nitrogen and oxygen atoms in total. The number of aryl methyl sites for hydroxylation is 1. The molecular formula is C23H23N5O3S. The van der Waals surface area contributed by atoms with Crippen molar-refractivity contribution in [3.8, 4) is 0 Å². The van der Waals surface area contributed by atoms with Gasteiger partial charge in [0.05, 0.1) is 23.9 Å². The molecule has 0 spiro atoms. The molecule has 3 heterocycles. The van der Waals surface area contributed by atoms with Crippen LogP contribution in [0.15, 0.2) is 47.3 Å². The Labute approximate surface area is 188 Å². The summed E-state index contributed by atoms with van der Waals surface area (Å²) >= 11 is 1.93. The van der Waals surface area contributed by atoms with Crippen LogP contribution >= 0.6 is 11.8 Å². The van der Waals surface area contributed by atoms with Gasteiger partial charge in [-0.1, -0.05) is 35.9 Å². The number of carboxylic acid groups (broad SMARTS) is 1. The summed E-state index contributed by atoms with van der Waals surface area (Å²) in [5.74, 6) is 2.48. The van der Waals surface area contributed by atoms with Crippen molar-refractivity contribution >= 4 is 40.4 Å². The Morgan fingerprint density at radius 2 is 1.78 bits per heavy atom. The summed E-state index contributed by atoms with van der Waals surface area (Å²) in [5, 5.41) is 18.5. The molecule has 1 fully saturated rings. The predicted molar refractivity (Wildman–Crippen MR) is 126 cm³/mol. The summed E-state index contributed by atoms with van der Waals surface area (Å²) in [6, 6.07) is 13.2. The van der Waals surface area contributed by atoms with E-state index in [1.807, 2.05) is 53.4 Å². The lowest BCUT2D eigenvalue weighted by Gasteiger charge is -2.26. The van der Waals surface area contributed by atoms with Crippen LogP contribution < -0.4 is 10.5 Å². The Morgan fingerprint density at radius 3 is 2.50 bits per heavy atom. The van der Waals surface area contributed by atoms with Gasteiger partial charge in [-0.2, -0.15) is 11.8 Å². The average molecular weight is 450 g/mol. The third-order valence-corrected chi connectivity index (χ3v) is 6.69. The van der Waals surface area contributed by atoms with Gasteiger partial charge in [0.25, 0.3) is 5.56 Å². The number of rotatable bonds is 5. The fraction of sp³-hybridized carbons (Fsp3) is 0.304. The van der Waals surface area contributed by atoms with E-state index in [0.29, 0.717) is 17.7 Å². The molecule has 4 aromatic rings. The minimum absolute atomic E-state index is 0.0264.